The van der Waals surface area contributed by atoms with E-state index in [1.54, 1.807) is 0 Å². The number of carbonyl (C=O) groups excluding carboxylic acids is 1. The summed E-state index contributed by atoms with van der Waals surface area (Å²) in [6, 6.07) is 0. The van der Waals surface area contributed by atoms with E-state index in [-0.39, 0.29) is 30.2 Å². The Kier molecular flexibility index (Phi) is 12.9. The molecule has 2 rings (SSSR count). The molecule has 148 valence electrons. The lowest BCUT2D eigenvalue weighted by Gasteiger charge is -2.29. The Balaban J connectivity index is 0.000000449. The Morgan fingerprint density at radius 1 is 0.880 bits per heavy atom. The van der Waals surface area contributed by atoms with Gasteiger partial charge in [0, 0.05) is 0 Å². The summed E-state index contributed by atoms with van der Waals surface area (Å²) in [5.41, 5.74) is 0. The summed E-state index contributed by atoms with van der Waals surface area (Å²) in [5, 5.41) is 8.68. The Morgan fingerprint density at radius 2 is 1.28 bits per heavy atom. The number of hydrogen-bond donors (Lipinski definition) is 1. The summed E-state index contributed by atoms with van der Waals surface area (Å²) in [4.78, 5) is 26.5. The fourth-order valence-electron chi connectivity index (χ4n) is 3.24. The molecule has 2 aliphatic heterocycles. The van der Waals surface area contributed by atoms with Crippen LogP contribution in [0.25, 0.3) is 0 Å². The highest BCUT2D eigenvalue weighted by atomic mass is 35.5. The van der Waals surface area contributed by atoms with Crippen molar-refractivity contribution < 1.29 is 19.4 Å². The summed E-state index contributed by atoms with van der Waals surface area (Å²) in [5.74, 6) is -0.556. The molecule has 6 nitrogen and oxygen atoms in total. The van der Waals surface area contributed by atoms with Crippen molar-refractivity contribution in [3.8, 4) is 0 Å². The summed E-state index contributed by atoms with van der Waals surface area (Å²) < 4.78 is 4.99. The molecule has 2 aliphatic rings. The van der Waals surface area contributed by atoms with Crippen molar-refractivity contribution in [2.45, 2.75) is 46.5 Å². The van der Waals surface area contributed by atoms with E-state index in [4.69, 9.17) is 9.84 Å². The van der Waals surface area contributed by atoms with Crippen molar-refractivity contribution in [3.05, 3.63) is 0 Å². The third-order valence-corrected chi connectivity index (χ3v) is 5.04. The van der Waals surface area contributed by atoms with E-state index in [2.05, 4.69) is 23.6 Å². The number of carboxylic acids is 1. The second kappa shape index (κ2) is 13.4. The summed E-state index contributed by atoms with van der Waals surface area (Å²) in [6.45, 7) is 12.8. The van der Waals surface area contributed by atoms with Crippen molar-refractivity contribution in [3.63, 3.8) is 0 Å². The summed E-state index contributed by atoms with van der Waals surface area (Å²) in [7, 11) is 0. The molecule has 0 aromatic carbocycles. The van der Waals surface area contributed by atoms with E-state index in [1.165, 1.54) is 0 Å². The van der Waals surface area contributed by atoms with Crippen LogP contribution in [0.4, 0.5) is 0 Å². The molecule has 25 heavy (non-hydrogen) atoms. The fourth-order valence-corrected chi connectivity index (χ4v) is 3.24. The van der Waals surface area contributed by atoms with Crippen LogP contribution in [-0.4, -0.2) is 72.7 Å². The van der Waals surface area contributed by atoms with Gasteiger partial charge in [0.2, 0.25) is 0 Å². The zero-order chi connectivity index (χ0) is 17.9. The Bertz CT molecular complexity index is 379. The van der Waals surface area contributed by atoms with Gasteiger partial charge in [-0.1, -0.05) is 13.8 Å². The lowest BCUT2D eigenvalue weighted by Crippen LogP contribution is -2.36. The van der Waals surface area contributed by atoms with Crippen molar-refractivity contribution in [1.82, 2.24) is 9.80 Å². The zero-order valence-electron chi connectivity index (χ0n) is 15.9. The molecule has 2 fully saturated rings. The number of piperidine rings is 2. The number of nitrogens with zero attached hydrogens (tertiary/aromatic N) is 2. The first-order valence-electron chi connectivity index (χ1n) is 9.35. The van der Waals surface area contributed by atoms with Gasteiger partial charge in [0.1, 0.15) is 0 Å². The van der Waals surface area contributed by atoms with Crippen LogP contribution >= 0.6 is 12.4 Å². The molecule has 7 heteroatoms. The molecule has 0 amide bonds. The van der Waals surface area contributed by atoms with E-state index in [0.717, 1.165) is 65.0 Å². The number of carboxylic acid groups (broad SMARTS) is 1. The molecule has 0 unspecified atom stereocenters. The van der Waals surface area contributed by atoms with Crippen molar-refractivity contribution in [1.29, 1.82) is 0 Å². The first kappa shape index (κ1) is 24.1. The van der Waals surface area contributed by atoms with Crippen LogP contribution < -0.4 is 0 Å². The van der Waals surface area contributed by atoms with Gasteiger partial charge in [-0.3, -0.25) is 9.59 Å². The van der Waals surface area contributed by atoms with Crippen LogP contribution in [0.2, 0.25) is 0 Å². The van der Waals surface area contributed by atoms with Gasteiger partial charge in [-0.15, -0.1) is 12.4 Å². The number of ether oxygens (including phenoxy) is 1. The summed E-state index contributed by atoms with van der Waals surface area (Å²) >= 11 is 0. The van der Waals surface area contributed by atoms with Gasteiger partial charge in [-0.25, -0.2) is 0 Å². The molecule has 0 saturated carbocycles. The standard InChI is InChI=1S/C10H19NO2.C8H15NO2.ClH/c1-3-11-7-5-9(6-8-11)10(12)13-4-2;1-2-9-5-3-7(4-6-9)8(10)11;/h9H,3-8H2,1-2H3;7H,2-6H2,1H3,(H,10,11);1H. The number of carbonyl (C=O) groups is 2. The van der Waals surface area contributed by atoms with Crippen LogP contribution in [0.3, 0.4) is 0 Å². The highest BCUT2D eigenvalue weighted by Crippen LogP contribution is 2.18. The minimum atomic E-state index is -0.624. The molecular formula is C18H35ClN2O4. The number of hydrogen-bond acceptors (Lipinski definition) is 5. The van der Waals surface area contributed by atoms with Crippen molar-refractivity contribution in [2.75, 3.05) is 45.9 Å². The van der Waals surface area contributed by atoms with Crippen LogP contribution in [0, 0.1) is 11.8 Å². The maximum atomic E-state index is 11.4. The van der Waals surface area contributed by atoms with E-state index in [9.17, 15) is 9.59 Å². The normalized spacial score (nSPS) is 20.1. The first-order chi connectivity index (χ1) is 11.5. The predicted octanol–water partition coefficient (Wildman–Crippen LogP) is 2.51. The maximum absolute atomic E-state index is 11.4. The first-order valence-corrected chi connectivity index (χ1v) is 9.35. The molecule has 0 aromatic heterocycles. The van der Waals surface area contributed by atoms with Gasteiger partial charge >= 0.3 is 11.9 Å². The molecule has 0 spiro atoms. The average molecular weight is 379 g/mol. The number of halogens is 1. The van der Waals surface area contributed by atoms with Gasteiger partial charge < -0.3 is 19.6 Å². The highest BCUT2D eigenvalue weighted by Gasteiger charge is 2.25. The number of aliphatic carboxylic acids is 1. The largest absolute Gasteiger partial charge is 0.481 e. The van der Waals surface area contributed by atoms with E-state index in [1.807, 2.05) is 6.92 Å². The number of likely N-dealkylation sites (tertiary alicyclic amines) is 2. The highest BCUT2D eigenvalue weighted by molar-refractivity contribution is 5.85. The fraction of sp³-hybridized carbons (Fsp3) is 0.889. The van der Waals surface area contributed by atoms with E-state index >= 15 is 0 Å². The van der Waals surface area contributed by atoms with Crippen LogP contribution in [0.1, 0.15) is 46.5 Å². The van der Waals surface area contributed by atoms with E-state index < -0.39 is 5.97 Å². The molecule has 0 radical (unpaired) electrons. The Hall–Kier alpha value is -0.850. The van der Waals surface area contributed by atoms with Gasteiger partial charge in [-0.05, 0) is 71.9 Å². The Labute approximate surface area is 158 Å². The smallest absolute Gasteiger partial charge is 0.309 e. The molecule has 1 N–H and O–H groups in total. The van der Waals surface area contributed by atoms with Crippen LogP contribution in [0.5, 0.6) is 0 Å². The quantitative estimate of drug-likeness (QED) is 0.741. The average Bonchev–Trinajstić information content (AvgIpc) is 2.62. The minimum absolute atomic E-state index is 0. The summed E-state index contributed by atoms with van der Waals surface area (Å²) in [6.07, 6.45) is 3.58. The molecular weight excluding hydrogens is 344 g/mol. The number of esters is 1. The Morgan fingerprint density at radius 3 is 1.60 bits per heavy atom. The van der Waals surface area contributed by atoms with E-state index in [0.29, 0.717) is 6.61 Å². The van der Waals surface area contributed by atoms with Crippen LogP contribution in [-0.2, 0) is 14.3 Å². The monoisotopic (exact) mass is 378 g/mol. The van der Waals surface area contributed by atoms with Gasteiger partial charge in [0.05, 0.1) is 18.4 Å². The number of rotatable bonds is 5. The van der Waals surface area contributed by atoms with Gasteiger partial charge in [0.15, 0.2) is 0 Å². The molecule has 0 aliphatic carbocycles. The molecule has 2 heterocycles. The van der Waals surface area contributed by atoms with Crippen molar-refractivity contribution >= 4 is 24.3 Å². The molecule has 0 bridgehead atoms. The maximum Gasteiger partial charge on any atom is 0.309 e. The predicted molar refractivity (Wildman–Crippen MR) is 101 cm³/mol. The van der Waals surface area contributed by atoms with Gasteiger partial charge in [0.25, 0.3) is 0 Å². The third-order valence-electron chi connectivity index (χ3n) is 5.04. The lowest BCUT2D eigenvalue weighted by atomic mass is 9.97. The molecule has 0 atom stereocenters. The second-order valence-electron chi connectivity index (χ2n) is 6.51. The zero-order valence-corrected chi connectivity index (χ0v) is 16.7. The van der Waals surface area contributed by atoms with Crippen LogP contribution in [0.15, 0.2) is 0 Å². The second-order valence-corrected chi connectivity index (χ2v) is 6.51. The van der Waals surface area contributed by atoms with Gasteiger partial charge in [-0.2, -0.15) is 0 Å². The molecule has 2 saturated heterocycles. The minimum Gasteiger partial charge on any atom is -0.481 e. The third kappa shape index (κ3) is 8.88. The SMILES string of the molecule is CCN1CCC(C(=O)O)CC1.CCOC(=O)C1CCN(CC)CC1.Cl. The topological polar surface area (TPSA) is 70.1 Å². The van der Waals surface area contributed by atoms with Crippen molar-refractivity contribution in [2.24, 2.45) is 11.8 Å². The lowest BCUT2D eigenvalue weighted by molar-refractivity contribution is -0.149. The molecule has 0 aromatic rings.